The lowest BCUT2D eigenvalue weighted by atomic mass is 9.91. The van der Waals surface area contributed by atoms with Crippen LogP contribution in [-0.2, 0) is 9.59 Å². The molecule has 0 aliphatic rings. The van der Waals surface area contributed by atoms with Gasteiger partial charge in [-0.2, -0.15) is 0 Å². The number of hydrazine groups is 1. The van der Waals surface area contributed by atoms with Crippen molar-refractivity contribution >= 4 is 17.9 Å². The monoisotopic (exact) mass is 386 g/mol. The van der Waals surface area contributed by atoms with E-state index in [1.54, 1.807) is 13.2 Å². The van der Waals surface area contributed by atoms with E-state index in [9.17, 15) is 9.59 Å². The van der Waals surface area contributed by atoms with Crippen molar-refractivity contribution in [1.82, 2.24) is 10.9 Å². The number of hydrogen-bond donors (Lipinski definition) is 2. The molecule has 5 nitrogen and oxygen atoms in total. The normalized spacial score (nSPS) is 10.7. The number of carbonyl (C=O) groups is 2. The number of ether oxygens (including phenoxy) is 1. The zero-order chi connectivity index (χ0) is 20.5. The van der Waals surface area contributed by atoms with Crippen molar-refractivity contribution in [2.75, 3.05) is 7.11 Å². The molecule has 0 fully saturated rings. The van der Waals surface area contributed by atoms with Crippen LogP contribution in [0.3, 0.4) is 0 Å². The molecule has 0 heterocycles. The molecule has 3 aromatic carbocycles. The molecule has 146 valence electrons. The molecular formula is C24H22N2O3. The second-order valence-electron chi connectivity index (χ2n) is 6.34. The molecule has 0 unspecified atom stereocenters. The first-order valence-corrected chi connectivity index (χ1v) is 9.19. The summed E-state index contributed by atoms with van der Waals surface area (Å²) in [6.07, 6.45) is 3.02. The van der Waals surface area contributed by atoms with E-state index >= 15 is 0 Å². The molecule has 0 radical (unpaired) electrons. The average Bonchev–Trinajstić information content (AvgIpc) is 2.78. The summed E-state index contributed by atoms with van der Waals surface area (Å²) in [4.78, 5) is 24.9. The molecule has 0 saturated carbocycles. The first-order chi connectivity index (χ1) is 14.2. The number of benzene rings is 3. The first kappa shape index (κ1) is 19.9. The lowest BCUT2D eigenvalue weighted by Gasteiger charge is -2.17. The van der Waals surface area contributed by atoms with Gasteiger partial charge in [0, 0.05) is 6.08 Å². The number of methoxy groups -OCH3 is 1. The quantitative estimate of drug-likeness (QED) is 0.502. The van der Waals surface area contributed by atoms with Crippen LogP contribution >= 0.6 is 0 Å². The minimum Gasteiger partial charge on any atom is -0.497 e. The maximum atomic E-state index is 12.8. The van der Waals surface area contributed by atoms with Gasteiger partial charge in [0.25, 0.3) is 5.91 Å². The largest absolute Gasteiger partial charge is 0.497 e. The Hall–Kier alpha value is -3.86. The van der Waals surface area contributed by atoms with Gasteiger partial charge >= 0.3 is 0 Å². The summed E-state index contributed by atoms with van der Waals surface area (Å²) in [6.45, 7) is 0. The zero-order valence-corrected chi connectivity index (χ0v) is 16.0. The van der Waals surface area contributed by atoms with Gasteiger partial charge in [0.05, 0.1) is 13.0 Å². The van der Waals surface area contributed by atoms with Crippen molar-refractivity contribution in [2.24, 2.45) is 0 Å². The third-order valence-corrected chi connectivity index (χ3v) is 4.38. The number of hydrogen-bond acceptors (Lipinski definition) is 3. The van der Waals surface area contributed by atoms with E-state index in [2.05, 4.69) is 10.9 Å². The molecule has 0 bridgehead atoms. The van der Waals surface area contributed by atoms with Crippen molar-refractivity contribution in [3.8, 4) is 5.75 Å². The maximum Gasteiger partial charge on any atom is 0.262 e. The predicted octanol–water partition coefficient (Wildman–Crippen LogP) is 3.69. The molecule has 0 aliphatic carbocycles. The first-order valence-electron chi connectivity index (χ1n) is 9.19. The molecule has 3 aromatic rings. The molecular weight excluding hydrogens is 364 g/mol. The minimum atomic E-state index is -0.525. The smallest absolute Gasteiger partial charge is 0.262 e. The van der Waals surface area contributed by atoms with Gasteiger partial charge < -0.3 is 4.74 Å². The second-order valence-corrected chi connectivity index (χ2v) is 6.34. The number of carbonyl (C=O) groups excluding carboxylic acids is 2. The summed E-state index contributed by atoms with van der Waals surface area (Å²) in [5.41, 5.74) is 7.51. The van der Waals surface area contributed by atoms with Gasteiger partial charge in [-0.1, -0.05) is 72.8 Å². The summed E-state index contributed by atoms with van der Waals surface area (Å²) >= 11 is 0. The Morgan fingerprint density at radius 3 is 1.86 bits per heavy atom. The standard InChI is InChI=1S/C24H22N2O3/c1-29-21-15-12-18(13-16-21)14-17-22(27)25-26-24(28)23(19-8-4-2-5-9-19)20-10-6-3-7-11-20/h2-17,23H,1H3,(H,25,27)(H,26,28)/b17-14+. The SMILES string of the molecule is COc1ccc(/C=C/C(=O)NNC(=O)C(c2ccccc2)c2ccccc2)cc1. The molecule has 0 spiro atoms. The molecule has 2 N–H and O–H groups in total. The van der Waals surface area contributed by atoms with Crippen LogP contribution in [0.4, 0.5) is 0 Å². The minimum absolute atomic E-state index is 0.311. The highest BCUT2D eigenvalue weighted by Gasteiger charge is 2.22. The molecule has 29 heavy (non-hydrogen) atoms. The van der Waals surface area contributed by atoms with Crippen LogP contribution in [0.2, 0.25) is 0 Å². The average molecular weight is 386 g/mol. The van der Waals surface area contributed by atoms with Gasteiger partial charge in [0.1, 0.15) is 5.75 Å². The Morgan fingerprint density at radius 2 is 1.34 bits per heavy atom. The van der Waals surface area contributed by atoms with E-state index in [-0.39, 0.29) is 5.91 Å². The molecule has 0 aliphatic heterocycles. The molecule has 3 rings (SSSR count). The molecule has 0 atom stereocenters. The summed E-state index contributed by atoms with van der Waals surface area (Å²) in [7, 11) is 1.60. The van der Waals surface area contributed by atoms with Crippen LogP contribution in [0.15, 0.2) is 91.0 Å². The van der Waals surface area contributed by atoms with Gasteiger partial charge in [0.15, 0.2) is 0 Å². The van der Waals surface area contributed by atoms with E-state index in [1.165, 1.54) is 6.08 Å². The van der Waals surface area contributed by atoms with E-state index < -0.39 is 11.8 Å². The lowest BCUT2D eigenvalue weighted by Crippen LogP contribution is -2.43. The van der Waals surface area contributed by atoms with Gasteiger partial charge in [0.2, 0.25) is 5.91 Å². The van der Waals surface area contributed by atoms with Crippen LogP contribution in [0, 0.1) is 0 Å². The highest BCUT2D eigenvalue weighted by Crippen LogP contribution is 2.24. The van der Waals surface area contributed by atoms with Crippen molar-refractivity contribution in [2.45, 2.75) is 5.92 Å². The van der Waals surface area contributed by atoms with Crippen LogP contribution in [0.25, 0.3) is 6.08 Å². The van der Waals surface area contributed by atoms with Crippen molar-refractivity contribution < 1.29 is 14.3 Å². The van der Waals surface area contributed by atoms with E-state index in [0.717, 1.165) is 22.4 Å². The Labute approximate surface area is 170 Å². The van der Waals surface area contributed by atoms with Crippen molar-refractivity contribution in [3.63, 3.8) is 0 Å². The van der Waals surface area contributed by atoms with E-state index in [0.29, 0.717) is 0 Å². The molecule has 0 saturated heterocycles. The van der Waals surface area contributed by atoms with Crippen LogP contribution in [0.5, 0.6) is 5.75 Å². The predicted molar refractivity (Wildman–Crippen MR) is 113 cm³/mol. The number of rotatable bonds is 6. The number of amides is 2. The third kappa shape index (κ3) is 5.56. The maximum absolute atomic E-state index is 12.8. The van der Waals surface area contributed by atoms with Gasteiger partial charge in [-0.15, -0.1) is 0 Å². The van der Waals surface area contributed by atoms with Crippen molar-refractivity contribution in [3.05, 3.63) is 108 Å². The van der Waals surface area contributed by atoms with Crippen LogP contribution in [-0.4, -0.2) is 18.9 Å². The summed E-state index contributed by atoms with van der Waals surface area (Å²) in [5.74, 6) is -0.516. The fraction of sp³-hybridized carbons (Fsp3) is 0.0833. The summed E-state index contributed by atoms with van der Waals surface area (Å²) in [5, 5.41) is 0. The Morgan fingerprint density at radius 1 is 0.793 bits per heavy atom. The zero-order valence-electron chi connectivity index (χ0n) is 16.0. The van der Waals surface area contributed by atoms with Gasteiger partial charge in [-0.3, -0.25) is 20.4 Å². The molecule has 2 amide bonds. The summed E-state index contributed by atoms with van der Waals surface area (Å²) < 4.78 is 5.10. The van der Waals surface area contributed by atoms with Crippen LogP contribution < -0.4 is 15.6 Å². The Balaban J connectivity index is 1.65. The fourth-order valence-electron chi connectivity index (χ4n) is 2.91. The molecule has 5 heteroatoms. The number of nitrogens with one attached hydrogen (secondary N) is 2. The van der Waals surface area contributed by atoms with Crippen LogP contribution in [0.1, 0.15) is 22.6 Å². The van der Waals surface area contributed by atoms with Gasteiger partial charge in [-0.25, -0.2) is 0 Å². The lowest BCUT2D eigenvalue weighted by molar-refractivity contribution is -0.127. The van der Waals surface area contributed by atoms with E-state index in [4.69, 9.17) is 4.74 Å². The highest BCUT2D eigenvalue weighted by molar-refractivity contribution is 5.94. The molecule has 0 aromatic heterocycles. The van der Waals surface area contributed by atoms with E-state index in [1.807, 2.05) is 84.9 Å². The summed E-state index contributed by atoms with van der Waals surface area (Å²) in [6, 6.07) is 26.2. The van der Waals surface area contributed by atoms with Gasteiger partial charge in [-0.05, 0) is 34.9 Å². The topological polar surface area (TPSA) is 67.4 Å². The Kier molecular flexibility index (Phi) is 6.79. The highest BCUT2D eigenvalue weighted by atomic mass is 16.5. The van der Waals surface area contributed by atoms with Crippen molar-refractivity contribution in [1.29, 1.82) is 0 Å². The third-order valence-electron chi connectivity index (χ3n) is 4.38. The Bertz CT molecular complexity index is 929. The second kappa shape index (κ2) is 9.90. The fourth-order valence-corrected chi connectivity index (χ4v) is 2.91.